The van der Waals surface area contributed by atoms with Gasteiger partial charge in [-0.25, -0.2) is 9.97 Å². The van der Waals surface area contributed by atoms with Crippen molar-refractivity contribution in [3.8, 4) is 11.5 Å². The Kier molecular flexibility index (Phi) is 6.51. The average Bonchev–Trinajstić information content (AvgIpc) is 3.21. The van der Waals surface area contributed by atoms with Gasteiger partial charge in [0.2, 0.25) is 5.91 Å². The van der Waals surface area contributed by atoms with Gasteiger partial charge in [0.05, 0.1) is 28.3 Å². The number of carbonyl (C=O) groups is 1. The summed E-state index contributed by atoms with van der Waals surface area (Å²) in [5, 5.41) is 1.69. The maximum absolute atomic E-state index is 13.1. The lowest BCUT2D eigenvalue weighted by Gasteiger charge is -2.12. The number of carbonyl (C=O) groups excluding carboxylic acids is 1. The summed E-state index contributed by atoms with van der Waals surface area (Å²) in [6.45, 7) is 0. The van der Waals surface area contributed by atoms with E-state index in [2.05, 4.69) is 15.3 Å². The molecule has 0 saturated carbocycles. The lowest BCUT2D eigenvalue weighted by molar-refractivity contribution is -0.141. The number of thioether (sulfide) groups is 1. The summed E-state index contributed by atoms with van der Waals surface area (Å²) in [6, 6.07) is 5.94. The molecule has 1 amide bonds. The molecule has 1 N–H and O–H groups in total. The predicted molar refractivity (Wildman–Crippen MR) is 101 cm³/mol. The highest BCUT2D eigenvalue weighted by molar-refractivity contribution is 7.99. The number of nitrogens with one attached hydrogen (secondary N) is 1. The fraction of sp³-hybridized carbons (Fsp3) is 0.167. The number of furan rings is 1. The third kappa shape index (κ3) is 5.91. The lowest BCUT2D eigenvalue weighted by atomic mass is 10.2. The van der Waals surface area contributed by atoms with Crippen molar-refractivity contribution < 1.29 is 35.6 Å². The Morgan fingerprint density at radius 2 is 1.81 bits per heavy atom. The van der Waals surface area contributed by atoms with Gasteiger partial charge in [0.15, 0.2) is 10.9 Å². The van der Waals surface area contributed by atoms with Crippen LogP contribution >= 0.6 is 23.4 Å². The Hall–Kier alpha value is -2.73. The van der Waals surface area contributed by atoms with Crippen LogP contribution in [0.15, 0.2) is 52.2 Å². The molecule has 2 aromatic heterocycles. The largest absolute Gasteiger partial charge is 0.463 e. The Morgan fingerprint density at radius 1 is 1.06 bits per heavy atom. The number of benzene rings is 1. The summed E-state index contributed by atoms with van der Waals surface area (Å²) >= 11 is 6.37. The second-order valence-electron chi connectivity index (χ2n) is 5.93. The maximum atomic E-state index is 13.1. The number of aromatic nitrogens is 2. The van der Waals surface area contributed by atoms with Gasteiger partial charge in [0.25, 0.3) is 0 Å². The molecule has 0 bridgehead atoms. The van der Waals surface area contributed by atoms with E-state index in [4.69, 9.17) is 16.0 Å². The molecule has 2 heterocycles. The number of nitrogens with zero attached hydrogens (tertiary/aromatic N) is 2. The van der Waals surface area contributed by atoms with Gasteiger partial charge in [-0.05, 0) is 36.4 Å². The molecule has 164 valence electrons. The van der Waals surface area contributed by atoms with Crippen LogP contribution in [0, 0.1) is 0 Å². The van der Waals surface area contributed by atoms with E-state index in [1.807, 2.05) is 0 Å². The average molecular weight is 482 g/mol. The minimum absolute atomic E-state index is 0.0648. The van der Waals surface area contributed by atoms with E-state index < -0.39 is 35.3 Å². The molecule has 0 radical (unpaired) electrons. The molecule has 0 atom stereocenters. The molecule has 0 aliphatic rings. The molecule has 3 aromatic rings. The SMILES string of the molecule is O=C(CSc1nc(-c2ccco2)cc(C(F)(F)F)n1)Nc1cc(C(F)(F)F)ccc1Cl. The first-order valence-corrected chi connectivity index (χ1v) is 9.59. The first-order valence-electron chi connectivity index (χ1n) is 8.23. The van der Waals surface area contributed by atoms with E-state index in [1.165, 1.54) is 18.4 Å². The number of hydrogen-bond donors (Lipinski definition) is 1. The van der Waals surface area contributed by atoms with Gasteiger partial charge >= 0.3 is 12.4 Å². The standard InChI is InChI=1S/C18H10ClF6N3O2S/c19-10-4-3-9(17(20,21)22)6-11(10)26-15(29)8-31-16-27-12(13-2-1-5-30-13)7-14(28-16)18(23,24)25/h1-7H,8H2,(H,26,29). The molecule has 0 saturated heterocycles. The summed E-state index contributed by atoms with van der Waals surface area (Å²) in [6.07, 6.45) is -8.16. The van der Waals surface area contributed by atoms with Gasteiger partial charge in [-0.15, -0.1) is 0 Å². The Morgan fingerprint density at radius 3 is 2.42 bits per heavy atom. The van der Waals surface area contributed by atoms with Crippen molar-refractivity contribution in [1.29, 1.82) is 0 Å². The fourth-order valence-electron chi connectivity index (χ4n) is 2.30. The quantitative estimate of drug-likeness (QED) is 0.268. The normalized spacial score (nSPS) is 12.1. The topological polar surface area (TPSA) is 68.0 Å². The third-order valence-corrected chi connectivity index (χ3v) is 4.85. The Bertz CT molecular complexity index is 1090. The molecule has 3 rings (SSSR count). The zero-order chi connectivity index (χ0) is 22.8. The van der Waals surface area contributed by atoms with Crippen molar-refractivity contribution in [2.75, 3.05) is 11.1 Å². The number of alkyl halides is 6. The minimum atomic E-state index is -4.77. The van der Waals surface area contributed by atoms with Crippen LogP contribution in [0.25, 0.3) is 11.5 Å². The molecule has 0 spiro atoms. The van der Waals surface area contributed by atoms with Crippen molar-refractivity contribution in [1.82, 2.24) is 9.97 Å². The Labute approximate surface area is 179 Å². The number of hydrogen-bond acceptors (Lipinski definition) is 5. The van der Waals surface area contributed by atoms with E-state index in [-0.39, 0.29) is 27.3 Å². The van der Waals surface area contributed by atoms with E-state index in [1.54, 1.807) is 0 Å². The monoisotopic (exact) mass is 481 g/mol. The molecule has 0 aliphatic heterocycles. The number of amides is 1. The summed E-state index contributed by atoms with van der Waals surface area (Å²) in [5.74, 6) is -1.23. The van der Waals surface area contributed by atoms with Crippen LogP contribution in [-0.2, 0) is 17.1 Å². The molecule has 5 nitrogen and oxygen atoms in total. The van der Waals surface area contributed by atoms with Gasteiger partial charge in [-0.1, -0.05) is 23.4 Å². The first-order chi connectivity index (χ1) is 14.4. The van der Waals surface area contributed by atoms with E-state index in [9.17, 15) is 31.1 Å². The number of rotatable bonds is 5. The third-order valence-electron chi connectivity index (χ3n) is 3.67. The molecule has 0 unspecified atom stereocenters. The summed E-state index contributed by atoms with van der Waals surface area (Å²) in [5.41, 5.74) is -2.69. The van der Waals surface area contributed by atoms with Gasteiger partial charge in [0, 0.05) is 0 Å². The van der Waals surface area contributed by atoms with Gasteiger partial charge in [-0.3, -0.25) is 4.79 Å². The second kappa shape index (κ2) is 8.79. The van der Waals surface area contributed by atoms with Crippen LogP contribution in [0.3, 0.4) is 0 Å². The van der Waals surface area contributed by atoms with E-state index in [0.29, 0.717) is 23.9 Å². The highest BCUT2D eigenvalue weighted by Crippen LogP contribution is 2.34. The van der Waals surface area contributed by atoms with Crippen molar-refractivity contribution >= 4 is 35.0 Å². The van der Waals surface area contributed by atoms with Crippen LogP contribution in [-0.4, -0.2) is 21.6 Å². The van der Waals surface area contributed by atoms with Gasteiger partial charge in [-0.2, -0.15) is 26.3 Å². The van der Waals surface area contributed by atoms with Gasteiger partial charge < -0.3 is 9.73 Å². The summed E-state index contributed by atoms with van der Waals surface area (Å²) in [7, 11) is 0. The molecule has 13 heteroatoms. The summed E-state index contributed by atoms with van der Waals surface area (Å²) in [4.78, 5) is 19.4. The van der Waals surface area contributed by atoms with E-state index >= 15 is 0 Å². The molecular weight excluding hydrogens is 472 g/mol. The molecule has 1 aromatic carbocycles. The number of anilines is 1. The fourth-order valence-corrected chi connectivity index (χ4v) is 3.12. The van der Waals surface area contributed by atoms with Crippen molar-refractivity contribution in [2.24, 2.45) is 0 Å². The molecule has 31 heavy (non-hydrogen) atoms. The highest BCUT2D eigenvalue weighted by Gasteiger charge is 2.34. The first kappa shape index (κ1) is 22.9. The van der Waals surface area contributed by atoms with Crippen molar-refractivity contribution in [3.63, 3.8) is 0 Å². The van der Waals surface area contributed by atoms with Crippen molar-refractivity contribution in [2.45, 2.75) is 17.5 Å². The maximum Gasteiger partial charge on any atom is 0.433 e. The van der Waals surface area contributed by atoms with Crippen molar-refractivity contribution in [3.05, 3.63) is 58.9 Å². The van der Waals surface area contributed by atoms with E-state index in [0.717, 1.165) is 12.1 Å². The van der Waals surface area contributed by atoms with Gasteiger partial charge in [0.1, 0.15) is 11.4 Å². The number of halogens is 7. The minimum Gasteiger partial charge on any atom is -0.463 e. The second-order valence-corrected chi connectivity index (χ2v) is 7.27. The predicted octanol–water partition coefficient (Wildman–Crippen LogP) is 6.16. The highest BCUT2D eigenvalue weighted by atomic mass is 35.5. The lowest BCUT2D eigenvalue weighted by Crippen LogP contribution is -2.16. The van der Waals surface area contributed by atoms with Crippen LogP contribution in [0.5, 0.6) is 0 Å². The summed E-state index contributed by atoms with van der Waals surface area (Å²) < 4.78 is 82.9. The Balaban J connectivity index is 1.77. The van der Waals surface area contributed by atoms with Crippen LogP contribution in [0.4, 0.5) is 32.0 Å². The smallest absolute Gasteiger partial charge is 0.433 e. The van der Waals surface area contributed by atoms with Crippen LogP contribution < -0.4 is 5.32 Å². The molecule has 0 fully saturated rings. The molecular formula is C18H10ClF6N3O2S. The van der Waals surface area contributed by atoms with Crippen LogP contribution in [0.1, 0.15) is 11.3 Å². The molecule has 0 aliphatic carbocycles. The zero-order valence-electron chi connectivity index (χ0n) is 15.0. The van der Waals surface area contributed by atoms with Crippen LogP contribution in [0.2, 0.25) is 5.02 Å². The zero-order valence-corrected chi connectivity index (χ0v) is 16.6.